The summed E-state index contributed by atoms with van der Waals surface area (Å²) in [4.78, 5) is 11.2. The monoisotopic (exact) mass is 247 g/mol. The molecule has 0 aromatic heterocycles. The number of carboxylic acids is 1. The van der Waals surface area contributed by atoms with Gasteiger partial charge in [-0.3, -0.25) is 10.1 Å². The molecule has 2 rings (SSSR count). The molecule has 2 atom stereocenters. The summed E-state index contributed by atoms with van der Waals surface area (Å²) in [6.45, 7) is 6.18. The molecule has 0 bridgehead atoms. The lowest BCUT2D eigenvalue weighted by atomic mass is 9.99. The Labute approximate surface area is 108 Å². The first-order valence-corrected chi connectivity index (χ1v) is 6.55. The first-order valence-electron chi connectivity index (χ1n) is 6.55. The number of aliphatic carboxylic acids is 1. The lowest BCUT2D eigenvalue weighted by Gasteiger charge is -2.22. The van der Waals surface area contributed by atoms with Crippen molar-refractivity contribution in [2.45, 2.75) is 45.7 Å². The summed E-state index contributed by atoms with van der Waals surface area (Å²) in [5, 5.41) is 12.5. The smallest absolute Gasteiger partial charge is 0.320 e. The van der Waals surface area contributed by atoms with Crippen molar-refractivity contribution in [1.29, 1.82) is 0 Å². The summed E-state index contributed by atoms with van der Waals surface area (Å²) in [7, 11) is 0. The Morgan fingerprint density at radius 1 is 1.39 bits per heavy atom. The van der Waals surface area contributed by atoms with Gasteiger partial charge in [-0.15, -0.1) is 0 Å². The van der Waals surface area contributed by atoms with Crippen LogP contribution in [0, 0.1) is 19.8 Å². The molecule has 2 N–H and O–H groups in total. The van der Waals surface area contributed by atoms with Crippen molar-refractivity contribution in [2.75, 3.05) is 0 Å². The Bertz CT molecular complexity index is 452. The molecule has 1 aliphatic carbocycles. The number of hydrogen-bond acceptors (Lipinski definition) is 2. The highest BCUT2D eigenvalue weighted by Crippen LogP contribution is 2.34. The number of aryl methyl sites for hydroxylation is 2. The third-order valence-corrected chi connectivity index (χ3v) is 3.68. The van der Waals surface area contributed by atoms with Crippen LogP contribution in [0.15, 0.2) is 18.2 Å². The molecule has 1 aromatic rings. The minimum Gasteiger partial charge on any atom is -0.480 e. The maximum absolute atomic E-state index is 11.2. The van der Waals surface area contributed by atoms with Crippen LogP contribution in [0.25, 0.3) is 0 Å². The molecule has 0 heterocycles. The van der Waals surface area contributed by atoms with Gasteiger partial charge in [-0.25, -0.2) is 0 Å². The van der Waals surface area contributed by atoms with Crippen molar-refractivity contribution in [3.05, 3.63) is 34.9 Å². The van der Waals surface area contributed by atoms with E-state index in [4.69, 9.17) is 0 Å². The SMILES string of the molecule is Cc1ccc(C(C)NC(C(=O)O)C2CC2)c(C)c1. The molecule has 0 amide bonds. The molecule has 3 nitrogen and oxygen atoms in total. The Kier molecular flexibility index (Phi) is 3.71. The number of hydrogen-bond donors (Lipinski definition) is 2. The minimum absolute atomic E-state index is 0.0762. The minimum atomic E-state index is -0.728. The molecule has 1 saturated carbocycles. The standard InChI is InChI=1S/C15H21NO2/c1-9-4-7-13(10(2)8-9)11(3)16-14(15(17)18)12-5-6-12/h4,7-8,11-12,14,16H,5-6H2,1-3H3,(H,17,18). The molecule has 1 aromatic carbocycles. The molecule has 18 heavy (non-hydrogen) atoms. The third kappa shape index (κ3) is 2.91. The highest BCUT2D eigenvalue weighted by Gasteiger charge is 2.36. The van der Waals surface area contributed by atoms with Crippen LogP contribution in [0.5, 0.6) is 0 Å². The Hall–Kier alpha value is -1.35. The second-order valence-corrected chi connectivity index (χ2v) is 5.40. The van der Waals surface area contributed by atoms with Gasteiger partial charge in [-0.05, 0) is 50.7 Å². The maximum Gasteiger partial charge on any atom is 0.320 e. The van der Waals surface area contributed by atoms with Crippen molar-refractivity contribution in [3.63, 3.8) is 0 Å². The van der Waals surface area contributed by atoms with Crippen LogP contribution in [0.2, 0.25) is 0 Å². The fraction of sp³-hybridized carbons (Fsp3) is 0.533. The first kappa shape index (κ1) is 13.1. The molecule has 0 saturated heterocycles. The predicted molar refractivity (Wildman–Crippen MR) is 71.6 cm³/mol. The summed E-state index contributed by atoms with van der Waals surface area (Å²) < 4.78 is 0. The Morgan fingerprint density at radius 2 is 2.06 bits per heavy atom. The van der Waals surface area contributed by atoms with E-state index in [0.29, 0.717) is 5.92 Å². The fourth-order valence-corrected chi connectivity index (χ4v) is 2.51. The lowest BCUT2D eigenvalue weighted by Crippen LogP contribution is -2.40. The maximum atomic E-state index is 11.2. The van der Waals surface area contributed by atoms with E-state index < -0.39 is 12.0 Å². The van der Waals surface area contributed by atoms with Gasteiger partial charge in [0.1, 0.15) is 6.04 Å². The average molecular weight is 247 g/mol. The van der Waals surface area contributed by atoms with Crippen molar-refractivity contribution < 1.29 is 9.90 Å². The number of carbonyl (C=O) groups is 1. The molecule has 98 valence electrons. The van der Waals surface area contributed by atoms with Crippen LogP contribution in [-0.2, 0) is 4.79 Å². The molecule has 0 aliphatic heterocycles. The van der Waals surface area contributed by atoms with Crippen LogP contribution in [0.4, 0.5) is 0 Å². The number of nitrogens with one attached hydrogen (secondary N) is 1. The average Bonchev–Trinajstić information content (AvgIpc) is 3.08. The van der Waals surface area contributed by atoms with E-state index in [9.17, 15) is 9.90 Å². The van der Waals surface area contributed by atoms with Crippen molar-refractivity contribution in [3.8, 4) is 0 Å². The molecule has 1 fully saturated rings. The van der Waals surface area contributed by atoms with Gasteiger partial charge in [0, 0.05) is 6.04 Å². The second-order valence-electron chi connectivity index (χ2n) is 5.40. The van der Waals surface area contributed by atoms with Gasteiger partial charge in [0.05, 0.1) is 0 Å². The summed E-state index contributed by atoms with van der Waals surface area (Å²) in [6.07, 6.45) is 2.06. The lowest BCUT2D eigenvalue weighted by molar-refractivity contribution is -0.140. The van der Waals surface area contributed by atoms with Gasteiger partial charge >= 0.3 is 5.97 Å². The normalized spacial score (nSPS) is 18.4. The molecule has 0 spiro atoms. The zero-order chi connectivity index (χ0) is 13.3. The Balaban J connectivity index is 2.10. The number of benzene rings is 1. The van der Waals surface area contributed by atoms with Crippen molar-refractivity contribution >= 4 is 5.97 Å². The van der Waals surface area contributed by atoms with Crippen LogP contribution in [0.3, 0.4) is 0 Å². The summed E-state index contributed by atoms with van der Waals surface area (Å²) in [5.74, 6) is -0.412. The summed E-state index contributed by atoms with van der Waals surface area (Å²) >= 11 is 0. The highest BCUT2D eigenvalue weighted by molar-refractivity contribution is 5.74. The van der Waals surface area contributed by atoms with Gasteiger partial charge in [-0.1, -0.05) is 23.8 Å². The van der Waals surface area contributed by atoms with E-state index in [1.165, 1.54) is 16.7 Å². The molecule has 2 unspecified atom stereocenters. The molecule has 0 radical (unpaired) electrons. The second kappa shape index (κ2) is 5.11. The number of carboxylic acid groups (broad SMARTS) is 1. The summed E-state index contributed by atoms with van der Waals surface area (Å²) in [6, 6.07) is 5.98. The van der Waals surface area contributed by atoms with E-state index in [0.717, 1.165) is 12.8 Å². The Morgan fingerprint density at radius 3 is 2.56 bits per heavy atom. The quantitative estimate of drug-likeness (QED) is 0.841. The zero-order valence-corrected chi connectivity index (χ0v) is 11.2. The van der Waals surface area contributed by atoms with Crippen molar-refractivity contribution in [1.82, 2.24) is 5.32 Å². The first-order chi connectivity index (χ1) is 8.49. The molecular weight excluding hydrogens is 226 g/mol. The molecule has 1 aliphatic rings. The van der Waals surface area contributed by atoms with Crippen LogP contribution < -0.4 is 5.32 Å². The van der Waals surface area contributed by atoms with E-state index in [1.807, 2.05) is 6.92 Å². The number of rotatable bonds is 5. The van der Waals surface area contributed by atoms with Gasteiger partial charge in [0.25, 0.3) is 0 Å². The fourth-order valence-electron chi connectivity index (χ4n) is 2.51. The molecular formula is C15H21NO2. The van der Waals surface area contributed by atoms with Crippen LogP contribution in [-0.4, -0.2) is 17.1 Å². The topological polar surface area (TPSA) is 49.3 Å². The van der Waals surface area contributed by atoms with Crippen molar-refractivity contribution in [2.24, 2.45) is 5.92 Å². The van der Waals surface area contributed by atoms with E-state index >= 15 is 0 Å². The zero-order valence-electron chi connectivity index (χ0n) is 11.2. The van der Waals surface area contributed by atoms with E-state index in [-0.39, 0.29) is 6.04 Å². The highest BCUT2D eigenvalue weighted by atomic mass is 16.4. The largest absolute Gasteiger partial charge is 0.480 e. The van der Waals surface area contributed by atoms with Gasteiger partial charge in [0.2, 0.25) is 0 Å². The van der Waals surface area contributed by atoms with E-state index in [2.05, 4.69) is 37.4 Å². The van der Waals surface area contributed by atoms with Crippen LogP contribution in [0.1, 0.15) is 42.5 Å². The third-order valence-electron chi connectivity index (χ3n) is 3.68. The van der Waals surface area contributed by atoms with Gasteiger partial charge in [0.15, 0.2) is 0 Å². The van der Waals surface area contributed by atoms with Gasteiger partial charge < -0.3 is 5.11 Å². The van der Waals surface area contributed by atoms with Crippen LogP contribution >= 0.6 is 0 Å². The predicted octanol–water partition coefficient (Wildman–Crippen LogP) is 2.82. The summed E-state index contributed by atoms with van der Waals surface area (Å²) in [5.41, 5.74) is 3.64. The molecule has 3 heteroatoms. The van der Waals surface area contributed by atoms with Gasteiger partial charge in [-0.2, -0.15) is 0 Å². The van der Waals surface area contributed by atoms with E-state index in [1.54, 1.807) is 0 Å².